The lowest BCUT2D eigenvalue weighted by Crippen LogP contribution is -2.46. The van der Waals surface area contributed by atoms with Crippen LogP contribution in [0.3, 0.4) is 0 Å². The van der Waals surface area contributed by atoms with E-state index in [9.17, 15) is 22.6 Å². The number of morpholine rings is 1. The molecule has 242 valence electrons. The van der Waals surface area contributed by atoms with Gasteiger partial charge >= 0.3 is 0 Å². The molecule has 1 fully saturated rings. The fourth-order valence-electron chi connectivity index (χ4n) is 3.66. The van der Waals surface area contributed by atoms with Crippen LogP contribution in [0.15, 0.2) is 41.3 Å². The van der Waals surface area contributed by atoms with E-state index >= 15 is 0 Å². The Bertz CT molecular complexity index is 1130. The van der Waals surface area contributed by atoms with E-state index in [2.05, 4.69) is 5.32 Å². The highest BCUT2D eigenvalue weighted by atomic mass is 35.5. The number of benzene rings is 2. The SMILES string of the molecule is CC.CC.CCCNC(=O)CN(CCN(C)C(=O)CN1CCOCC1)S(=O)c1cc(F)c(Oc2ccc(Cl)cc2)c(F)c1. The second kappa shape index (κ2) is 21.1. The van der Waals surface area contributed by atoms with Crippen molar-refractivity contribution in [1.29, 1.82) is 0 Å². The van der Waals surface area contributed by atoms with E-state index in [1.165, 1.54) is 33.5 Å². The van der Waals surface area contributed by atoms with Crippen LogP contribution < -0.4 is 10.1 Å². The summed E-state index contributed by atoms with van der Waals surface area (Å²) in [6.07, 6.45) is 0.707. The largest absolute Gasteiger partial charge is 0.451 e. The van der Waals surface area contributed by atoms with Gasteiger partial charge < -0.3 is 19.7 Å². The van der Waals surface area contributed by atoms with Gasteiger partial charge in [0.05, 0.1) is 31.2 Å². The molecule has 3 rings (SSSR count). The van der Waals surface area contributed by atoms with Gasteiger partial charge in [0.15, 0.2) is 17.4 Å². The molecule has 0 saturated carbocycles. The zero-order valence-electron chi connectivity index (χ0n) is 26.0. The number of carbonyl (C=O) groups is 2. The number of rotatable bonds is 13. The lowest BCUT2D eigenvalue weighted by Gasteiger charge is -2.29. The van der Waals surface area contributed by atoms with E-state index < -0.39 is 34.3 Å². The molecule has 0 radical (unpaired) electrons. The minimum atomic E-state index is -2.11. The van der Waals surface area contributed by atoms with Crippen molar-refractivity contribution in [2.75, 3.05) is 66.1 Å². The van der Waals surface area contributed by atoms with Crippen LogP contribution >= 0.6 is 11.6 Å². The quantitative estimate of drug-likeness (QED) is 0.326. The molecule has 1 N–H and O–H groups in total. The molecule has 1 unspecified atom stereocenters. The van der Waals surface area contributed by atoms with Gasteiger partial charge in [-0.25, -0.2) is 17.3 Å². The van der Waals surface area contributed by atoms with Gasteiger partial charge in [0.25, 0.3) is 0 Å². The Morgan fingerprint density at radius 3 is 2.19 bits per heavy atom. The van der Waals surface area contributed by atoms with Crippen LogP contribution in [-0.2, 0) is 25.3 Å². The topological polar surface area (TPSA) is 91.4 Å². The fourth-order valence-corrected chi connectivity index (χ4v) is 4.98. The van der Waals surface area contributed by atoms with Gasteiger partial charge in [-0.1, -0.05) is 46.2 Å². The first-order chi connectivity index (χ1) is 20.7. The van der Waals surface area contributed by atoms with Gasteiger partial charge in [-0.2, -0.15) is 0 Å². The number of hydrogen-bond acceptors (Lipinski definition) is 6. The maximum absolute atomic E-state index is 14.9. The lowest BCUT2D eigenvalue weighted by atomic mass is 10.3. The Hall–Kier alpha value is -2.64. The van der Waals surface area contributed by atoms with Crippen molar-refractivity contribution in [3.63, 3.8) is 0 Å². The number of ether oxygens (including phenoxy) is 2. The molecule has 1 heterocycles. The maximum atomic E-state index is 14.9. The van der Waals surface area contributed by atoms with E-state index in [-0.39, 0.29) is 42.7 Å². The third-order valence-corrected chi connectivity index (χ3v) is 7.58. The van der Waals surface area contributed by atoms with Crippen LogP contribution in [0, 0.1) is 11.6 Å². The molecule has 1 atom stereocenters. The third-order valence-electron chi connectivity index (χ3n) is 5.91. The van der Waals surface area contributed by atoms with Gasteiger partial charge in [0.2, 0.25) is 11.8 Å². The molecule has 1 saturated heterocycles. The average molecular weight is 647 g/mol. The van der Waals surface area contributed by atoms with Crippen molar-refractivity contribution in [2.24, 2.45) is 0 Å². The molecule has 0 aliphatic carbocycles. The van der Waals surface area contributed by atoms with Gasteiger partial charge in [0, 0.05) is 44.8 Å². The zero-order chi connectivity index (χ0) is 32.4. The molecule has 43 heavy (non-hydrogen) atoms. The van der Waals surface area contributed by atoms with E-state index in [1.807, 2.05) is 39.5 Å². The molecule has 0 bridgehead atoms. The van der Waals surface area contributed by atoms with Crippen molar-refractivity contribution in [2.45, 2.75) is 45.9 Å². The summed E-state index contributed by atoms with van der Waals surface area (Å²) in [4.78, 5) is 28.4. The first kappa shape index (κ1) is 38.4. The average Bonchev–Trinajstić information content (AvgIpc) is 3.02. The van der Waals surface area contributed by atoms with Crippen molar-refractivity contribution in [3.05, 3.63) is 53.1 Å². The Morgan fingerprint density at radius 1 is 1.05 bits per heavy atom. The molecule has 2 aromatic rings. The predicted octanol–water partition coefficient (Wildman–Crippen LogP) is 5.10. The number of carbonyl (C=O) groups excluding carboxylic acids is 2. The van der Waals surface area contributed by atoms with Crippen LogP contribution in [0.1, 0.15) is 41.0 Å². The lowest BCUT2D eigenvalue weighted by molar-refractivity contribution is -0.132. The number of nitrogens with one attached hydrogen (secondary N) is 1. The number of likely N-dealkylation sites (N-methyl/N-ethyl adjacent to an activating group) is 1. The highest BCUT2D eigenvalue weighted by Crippen LogP contribution is 2.30. The van der Waals surface area contributed by atoms with Gasteiger partial charge in [-0.05, 0) is 42.8 Å². The summed E-state index contributed by atoms with van der Waals surface area (Å²) in [5.41, 5.74) is 0. The van der Waals surface area contributed by atoms with Gasteiger partial charge in [-0.15, -0.1) is 0 Å². The molecule has 1 aliphatic rings. The standard InChI is InChI=1S/C26H33ClF2N4O5S.2C2H6/c1-3-8-30-24(34)17-33(10-9-31(2)25(35)18-32-11-13-37-14-12-32)39(36)21-15-22(28)26(23(29)16-21)38-20-6-4-19(27)5-7-20;2*1-2/h4-7,15-16H,3,8-14,17-18H2,1-2H3,(H,30,34);2*1-2H3. The van der Waals surface area contributed by atoms with Gasteiger partial charge in [-0.3, -0.25) is 14.5 Å². The highest BCUT2D eigenvalue weighted by Gasteiger charge is 2.24. The summed E-state index contributed by atoms with van der Waals surface area (Å²) in [6.45, 7) is 12.9. The molecule has 1 aliphatic heterocycles. The summed E-state index contributed by atoms with van der Waals surface area (Å²) in [7, 11) is -0.493. The van der Waals surface area contributed by atoms with Crippen molar-refractivity contribution >= 4 is 34.4 Å². The minimum absolute atomic E-state index is 0.0315. The van der Waals surface area contributed by atoms with Crippen molar-refractivity contribution < 1.29 is 32.1 Å². The molecule has 0 aromatic heterocycles. The monoisotopic (exact) mass is 646 g/mol. The van der Waals surface area contributed by atoms with Crippen LogP contribution in [-0.4, -0.2) is 96.2 Å². The summed E-state index contributed by atoms with van der Waals surface area (Å²) in [6, 6.07) is 7.77. The van der Waals surface area contributed by atoms with Crippen LogP contribution in [0.25, 0.3) is 0 Å². The zero-order valence-corrected chi connectivity index (χ0v) is 27.5. The summed E-state index contributed by atoms with van der Waals surface area (Å²) in [5.74, 6) is -3.12. The Morgan fingerprint density at radius 2 is 1.63 bits per heavy atom. The minimum Gasteiger partial charge on any atom is -0.451 e. The Balaban J connectivity index is 0.00000221. The fraction of sp³-hybridized carbons (Fsp3) is 0.533. The summed E-state index contributed by atoms with van der Waals surface area (Å²) in [5, 5.41) is 3.14. The normalized spacial score (nSPS) is 13.6. The van der Waals surface area contributed by atoms with E-state index in [0.29, 0.717) is 44.3 Å². The second-order valence-corrected chi connectivity index (χ2v) is 10.9. The maximum Gasteiger partial charge on any atom is 0.236 e. The van der Waals surface area contributed by atoms with Crippen LogP contribution in [0.2, 0.25) is 5.02 Å². The Kier molecular flexibility index (Phi) is 18.9. The Labute approximate surface area is 262 Å². The number of nitrogens with zero attached hydrogens (tertiary/aromatic N) is 3. The molecular formula is C30H45ClF2N4O5S. The highest BCUT2D eigenvalue weighted by molar-refractivity contribution is 7.82. The molecule has 13 heteroatoms. The first-order valence-corrected chi connectivity index (χ1v) is 16.1. The van der Waals surface area contributed by atoms with Crippen LogP contribution in [0.4, 0.5) is 8.78 Å². The number of amides is 2. The molecule has 2 aromatic carbocycles. The molecule has 0 spiro atoms. The van der Waals surface area contributed by atoms with E-state index in [1.54, 1.807) is 7.05 Å². The summed E-state index contributed by atoms with van der Waals surface area (Å²) >= 11 is 5.83. The molecule has 2 amide bonds. The number of halogens is 3. The van der Waals surface area contributed by atoms with Crippen molar-refractivity contribution in [1.82, 2.24) is 19.4 Å². The molecular weight excluding hydrogens is 602 g/mol. The van der Waals surface area contributed by atoms with Crippen molar-refractivity contribution in [3.8, 4) is 11.5 Å². The summed E-state index contributed by atoms with van der Waals surface area (Å²) < 4.78 is 55.1. The third kappa shape index (κ3) is 13.3. The van der Waals surface area contributed by atoms with E-state index in [4.69, 9.17) is 21.1 Å². The molecule has 9 nitrogen and oxygen atoms in total. The predicted molar refractivity (Wildman–Crippen MR) is 167 cm³/mol. The smallest absolute Gasteiger partial charge is 0.236 e. The van der Waals surface area contributed by atoms with E-state index in [0.717, 1.165) is 12.1 Å². The number of hydrogen-bond donors (Lipinski definition) is 1. The van der Waals surface area contributed by atoms with Gasteiger partial charge in [0.1, 0.15) is 16.7 Å². The second-order valence-electron chi connectivity index (χ2n) is 8.94. The van der Waals surface area contributed by atoms with Crippen LogP contribution in [0.5, 0.6) is 11.5 Å². The first-order valence-electron chi connectivity index (χ1n) is 14.6.